The van der Waals surface area contributed by atoms with Crippen LogP contribution in [-0.4, -0.2) is 35.1 Å². The third kappa shape index (κ3) is 5.10. The molecule has 1 fully saturated rings. The Bertz CT molecular complexity index is 752. The van der Waals surface area contributed by atoms with Crippen molar-refractivity contribution in [1.29, 1.82) is 0 Å². The van der Waals surface area contributed by atoms with Crippen molar-refractivity contribution in [2.24, 2.45) is 0 Å². The Hall–Kier alpha value is -2.33. The summed E-state index contributed by atoms with van der Waals surface area (Å²) in [6, 6.07) is 15.8. The molecule has 4 heteroatoms. The van der Waals surface area contributed by atoms with Gasteiger partial charge in [-0.1, -0.05) is 45.0 Å². The lowest BCUT2D eigenvalue weighted by molar-refractivity contribution is 0.0546. The van der Waals surface area contributed by atoms with Crippen molar-refractivity contribution >= 4 is 5.91 Å². The van der Waals surface area contributed by atoms with Crippen molar-refractivity contribution in [2.75, 3.05) is 13.1 Å². The summed E-state index contributed by atoms with van der Waals surface area (Å²) >= 11 is 0. The van der Waals surface area contributed by atoms with Gasteiger partial charge in [0.2, 0.25) is 0 Å². The number of hydrogen-bond acceptors (Lipinski definition) is 3. The van der Waals surface area contributed by atoms with Gasteiger partial charge in [-0.25, -0.2) is 0 Å². The summed E-state index contributed by atoms with van der Waals surface area (Å²) in [7, 11) is 0. The van der Waals surface area contributed by atoms with Gasteiger partial charge in [0.15, 0.2) is 0 Å². The van der Waals surface area contributed by atoms with Crippen LogP contribution in [-0.2, 0) is 12.0 Å². The molecule has 3 rings (SSSR count). The maximum Gasteiger partial charge on any atom is 0.253 e. The van der Waals surface area contributed by atoms with Gasteiger partial charge in [-0.3, -0.25) is 4.79 Å². The van der Waals surface area contributed by atoms with E-state index in [-0.39, 0.29) is 17.4 Å². The number of benzene rings is 2. The smallest absolute Gasteiger partial charge is 0.253 e. The van der Waals surface area contributed by atoms with E-state index < -0.39 is 0 Å². The van der Waals surface area contributed by atoms with Crippen LogP contribution in [0.5, 0.6) is 5.75 Å². The van der Waals surface area contributed by atoms with Crippen LogP contribution in [0.15, 0.2) is 48.5 Å². The highest BCUT2D eigenvalue weighted by Crippen LogP contribution is 2.24. The molecule has 1 saturated heterocycles. The van der Waals surface area contributed by atoms with Gasteiger partial charge < -0.3 is 14.7 Å². The van der Waals surface area contributed by atoms with Crippen LogP contribution in [0.25, 0.3) is 0 Å². The first-order chi connectivity index (χ1) is 12.8. The predicted molar refractivity (Wildman–Crippen MR) is 107 cm³/mol. The highest BCUT2D eigenvalue weighted by molar-refractivity contribution is 5.94. The molecule has 0 aromatic heterocycles. The molecular weight excluding hydrogens is 338 g/mol. The number of nitrogens with zero attached hydrogens (tertiary/aromatic N) is 1. The van der Waals surface area contributed by atoms with Crippen molar-refractivity contribution in [1.82, 2.24) is 4.90 Å². The van der Waals surface area contributed by atoms with Crippen molar-refractivity contribution in [3.8, 4) is 5.75 Å². The molecule has 2 aromatic rings. The molecular formula is C23H29NO3. The lowest BCUT2D eigenvalue weighted by Gasteiger charge is -2.29. The van der Waals surface area contributed by atoms with Crippen molar-refractivity contribution in [2.45, 2.75) is 51.7 Å². The second-order valence-corrected chi connectivity index (χ2v) is 8.28. The molecule has 0 bridgehead atoms. The molecule has 2 aromatic carbocycles. The van der Waals surface area contributed by atoms with Crippen LogP contribution in [0.1, 0.15) is 55.1 Å². The Morgan fingerprint density at radius 1 is 1.04 bits per heavy atom. The van der Waals surface area contributed by atoms with Gasteiger partial charge >= 0.3 is 0 Å². The van der Waals surface area contributed by atoms with Gasteiger partial charge in [0.25, 0.3) is 5.91 Å². The van der Waals surface area contributed by atoms with Crippen LogP contribution in [0.2, 0.25) is 0 Å². The van der Waals surface area contributed by atoms with Crippen molar-refractivity contribution in [3.63, 3.8) is 0 Å². The maximum atomic E-state index is 12.5. The molecule has 1 amide bonds. The van der Waals surface area contributed by atoms with E-state index in [0.29, 0.717) is 38.1 Å². The molecule has 144 valence electrons. The van der Waals surface area contributed by atoms with Gasteiger partial charge in [-0.05, 0) is 53.6 Å². The van der Waals surface area contributed by atoms with E-state index in [1.807, 2.05) is 41.3 Å². The van der Waals surface area contributed by atoms with E-state index in [0.717, 1.165) is 11.3 Å². The zero-order chi connectivity index (χ0) is 19.4. The average Bonchev–Trinajstić information content (AvgIpc) is 2.66. The number of rotatable bonds is 4. The fourth-order valence-corrected chi connectivity index (χ4v) is 3.21. The van der Waals surface area contributed by atoms with Crippen LogP contribution in [0.3, 0.4) is 0 Å². The number of piperidine rings is 1. The summed E-state index contributed by atoms with van der Waals surface area (Å²) in [5.41, 5.74) is 3.13. The van der Waals surface area contributed by atoms with Gasteiger partial charge in [0.05, 0.1) is 6.10 Å². The summed E-state index contributed by atoms with van der Waals surface area (Å²) in [5.74, 6) is 0.877. The normalized spacial score (nSPS) is 15.6. The second kappa shape index (κ2) is 8.13. The Morgan fingerprint density at radius 3 is 2.19 bits per heavy atom. The molecule has 1 aliphatic heterocycles. The molecule has 1 N–H and O–H groups in total. The monoisotopic (exact) mass is 367 g/mol. The van der Waals surface area contributed by atoms with Gasteiger partial charge in [0.1, 0.15) is 12.4 Å². The molecule has 0 saturated carbocycles. The third-order valence-electron chi connectivity index (χ3n) is 5.08. The largest absolute Gasteiger partial charge is 0.489 e. The van der Waals surface area contributed by atoms with Crippen molar-refractivity contribution < 1.29 is 14.6 Å². The Morgan fingerprint density at radius 2 is 1.63 bits per heavy atom. The summed E-state index contributed by atoms with van der Waals surface area (Å²) in [6.07, 6.45) is 1.04. The fraction of sp³-hybridized carbons (Fsp3) is 0.435. The number of carbonyl (C=O) groups excluding carboxylic acids is 1. The summed E-state index contributed by atoms with van der Waals surface area (Å²) in [5, 5.41) is 9.57. The number of aliphatic hydroxyl groups excluding tert-OH is 1. The topological polar surface area (TPSA) is 49.8 Å². The fourth-order valence-electron chi connectivity index (χ4n) is 3.21. The molecule has 1 heterocycles. The standard InChI is InChI=1S/C23H29NO3/c1-23(2,3)19-8-10-21(11-9-19)27-16-17-4-6-18(7-5-17)22(26)24-14-12-20(25)13-15-24/h4-11,20,25H,12-16H2,1-3H3. The maximum absolute atomic E-state index is 12.5. The number of aliphatic hydroxyl groups is 1. The summed E-state index contributed by atoms with van der Waals surface area (Å²) in [4.78, 5) is 14.3. The Kier molecular flexibility index (Phi) is 5.85. The molecule has 1 aliphatic rings. The molecule has 0 radical (unpaired) electrons. The Balaban J connectivity index is 1.55. The van der Waals surface area contributed by atoms with E-state index in [1.54, 1.807) is 0 Å². The zero-order valence-electron chi connectivity index (χ0n) is 16.4. The number of amides is 1. The number of likely N-dealkylation sites (tertiary alicyclic amines) is 1. The predicted octanol–water partition coefficient (Wildman–Crippen LogP) is 4.16. The van der Waals surface area contributed by atoms with E-state index >= 15 is 0 Å². The SMILES string of the molecule is CC(C)(C)c1ccc(OCc2ccc(C(=O)N3CCC(O)CC3)cc2)cc1. The van der Waals surface area contributed by atoms with Gasteiger partial charge in [-0.2, -0.15) is 0 Å². The van der Waals surface area contributed by atoms with E-state index in [1.165, 1.54) is 5.56 Å². The van der Waals surface area contributed by atoms with Crippen LogP contribution < -0.4 is 4.74 Å². The first kappa shape index (κ1) is 19.4. The van der Waals surface area contributed by atoms with Crippen LogP contribution in [0.4, 0.5) is 0 Å². The molecule has 0 atom stereocenters. The first-order valence-electron chi connectivity index (χ1n) is 9.62. The van der Waals surface area contributed by atoms with Crippen molar-refractivity contribution in [3.05, 3.63) is 65.2 Å². The highest BCUT2D eigenvalue weighted by atomic mass is 16.5. The van der Waals surface area contributed by atoms with Gasteiger partial charge in [0, 0.05) is 18.7 Å². The molecule has 0 aliphatic carbocycles. The minimum Gasteiger partial charge on any atom is -0.489 e. The molecule has 0 spiro atoms. The molecule has 0 unspecified atom stereocenters. The van der Waals surface area contributed by atoms with E-state index in [2.05, 4.69) is 32.9 Å². The number of ether oxygens (including phenoxy) is 1. The lowest BCUT2D eigenvalue weighted by atomic mass is 9.87. The lowest BCUT2D eigenvalue weighted by Crippen LogP contribution is -2.40. The van der Waals surface area contributed by atoms with Crippen LogP contribution >= 0.6 is 0 Å². The van der Waals surface area contributed by atoms with E-state index in [9.17, 15) is 9.90 Å². The third-order valence-corrected chi connectivity index (χ3v) is 5.08. The summed E-state index contributed by atoms with van der Waals surface area (Å²) < 4.78 is 5.87. The minimum absolute atomic E-state index is 0.0344. The van der Waals surface area contributed by atoms with Crippen LogP contribution in [0, 0.1) is 0 Å². The minimum atomic E-state index is -0.272. The Labute approximate surface area is 161 Å². The quantitative estimate of drug-likeness (QED) is 0.883. The molecule has 27 heavy (non-hydrogen) atoms. The number of carbonyl (C=O) groups is 1. The zero-order valence-corrected chi connectivity index (χ0v) is 16.4. The molecule has 4 nitrogen and oxygen atoms in total. The van der Waals surface area contributed by atoms with E-state index in [4.69, 9.17) is 4.74 Å². The first-order valence-corrected chi connectivity index (χ1v) is 9.62. The van der Waals surface area contributed by atoms with Gasteiger partial charge in [-0.15, -0.1) is 0 Å². The summed E-state index contributed by atoms with van der Waals surface area (Å²) in [6.45, 7) is 8.29. The average molecular weight is 367 g/mol. The number of hydrogen-bond donors (Lipinski definition) is 1. The highest BCUT2D eigenvalue weighted by Gasteiger charge is 2.22. The second-order valence-electron chi connectivity index (χ2n) is 8.28.